The molecule has 108 valence electrons. The molecule has 0 bridgehead atoms. The van der Waals surface area contributed by atoms with Gasteiger partial charge >= 0.3 is 5.76 Å². The molecule has 1 aromatic carbocycles. The number of hydrogen-bond donors (Lipinski definition) is 2. The topological polar surface area (TPSA) is 90.3 Å². The van der Waals surface area contributed by atoms with Crippen LogP contribution in [0.15, 0.2) is 27.4 Å². The minimum atomic E-state index is -0.536. The number of fused-ring (bicyclic) bond motifs is 1. The summed E-state index contributed by atoms with van der Waals surface area (Å²) in [6, 6.07) is 4.50. The van der Waals surface area contributed by atoms with Gasteiger partial charge in [-0.25, -0.2) is 4.79 Å². The number of rotatable bonds is 5. The van der Waals surface area contributed by atoms with E-state index in [4.69, 9.17) is 10.2 Å². The van der Waals surface area contributed by atoms with Crippen LogP contribution in [0.25, 0.3) is 11.1 Å². The Morgan fingerprint density at radius 1 is 1.55 bits per heavy atom. The van der Waals surface area contributed by atoms with E-state index in [0.717, 1.165) is 5.75 Å². The summed E-state index contributed by atoms with van der Waals surface area (Å²) < 4.78 is 6.41. The summed E-state index contributed by atoms with van der Waals surface area (Å²) in [7, 11) is 1.62. The summed E-state index contributed by atoms with van der Waals surface area (Å²) in [5.41, 5.74) is 7.51. The highest BCUT2D eigenvalue weighted by atomic mass is 32.2. The second-order valence-corrected chi connectivity index (χ2v) is 5.47. The van der Waals surface area contributed by atoms with Crippen molar-refractivity contribution in [3.63, 3.8) is 0 Å². The van der Waals surface area contributed by atoms with E-state index in [1.54, 1.807) is 37.0 Å². The van der Waals surface area contributed by atoms with Crippen LogP contribution < -0.4 is 16.8 Å². The van der Waals surface area contributed by atoms with Gasteiger partial charge in [-0.15, -0.1) is 0 Å². The van der Waals surface area contributed by atoms with Crippen molar-refractivity contribution in [2.24, 2.45) is 12.8 Å². The van der Waals surface area contributed by atoms with Crippen molar-refractivity contribution in [3.05, 3.63) is 28.7 Å². The fourth-order valence-electron chi connectivity index (χ4n) is 1.82. The van der Waals surface area contributed by atoms with Gasteiger partial charge in [0.2, 0.25) is 5.91 Å². The summed E-state index contributed by atoms with van der Waals surface area (Å²) in [6.07, 6.45) is 2.59. The second-order valence-electron chi connectivity index (χ2n) is 4.49. The van der Waals surface area contributed by atoms with Gasteiger partial charge in [-0.3, -0.25) is 9.36 Å². The van der Waals surface area contributed by atoms with Crippen LogP contribution in [0.3, 0.4) is 0 Å². The Kier molecular flexibility index (Phi) is 4.51. The number of amides is 1. The van der Waals surface area contributed by atoms with Crippen molar-refractivity contribution in [1.29, 1.82) is 0 Å². The first kappa shape index (κ1) is 14.7. The fourth-order valence-corrected chi connectivity index (χ4v) is 2.30. The largest absolute Gasteiger partial charge is 0.419 e. The van der Waals surface area contributed by atoms with E-state index in [-0.39, 0.29) is 5.91 Å². The first-order valence-electron chi connectivity index (χ1n) is 6.18. The molecule has 2 rings (SSSR count). The zero-order chi connectivity index (χ0) is 14.7. The lowest BCUT2D eigenvalue weighted by Gasteiger charge is -2.11. The Morgan fingerprint density at radius 2 is 2.30 bits per heavy atom. The number of anilines is 1. The lowest BCUT2D eigenvalue weighted by Crippen LogP contribution is -2.36. The van der Waals surface area contributed by atoms with E-state index in [9.17, 15) is 9.59 Å². The quantitative estimate of drug-likeness (QED) is 0.863. The van der Waals surface area contributed by atoms with Crippen LogP contribution in [0, 0.1) is 0 Å². The van der Waals surface area contributed by atoms with E-state index in [1.165, 1.54) is 4.57 Å². The zero-order valence-electron chi connectivity index (χ0n) is 11.4. The Morgan fingerprint density at radius 3 is 3.00 bits per heavy atom. The molecule has 0 unspecified atom stereocenters. The number of benzene rings is 1. The standard InChI is InChI=1S/C13H17N3O3S/c1-16-10-7-8(3-4-11(10)19-13(16)18)15-12(17)9(14)5-6-20-2/h3-4,7,9H,5-6,14H2,1-2H3,(H,15,17)/t9-/m0/s1. The van der Waals surface area contributed by atoms with Gasteiger partial charge in [0.05, 0.1) is 11.6 Å². The molecular formula is C13H17N3O3S. The summed E-state index contributed by atoms with van der Waals surface area (Å²) in [6.45, 7) is 0. The van der Waals surface area contributed by atoms with E-state index in [2.05, 4.69) is 5.32 Å². The van der Waals surface area contributed by atoms with Gasteiger partial charge < -0.3 is 15.5 Å². The SMILES string of the molecule is CSCC[C@H](N)C(=O)Nc1ccc2oc(=O)n(C)c2c1. The third-order valence-corrected chi connectivity index (χ3v) is 3.67. The molecule has 0 spiro atoms. The number of nitrogens with two attached hydrogens (primary N) is 1. The number of thioether (sulfide) groups is 1. The molecule has 0 fully saturated rings. The summed E-state index contributed by atoms with van der Waals surface area (Å²) in [4.78, 5) is 23.3. The maximum absolute atomic E-state index is 11.9. The third-order valence-electron chi connectivity index (χ3n) is 3.03. The first-order valence-corrected chi connectivity index (χ1v) is 7.57. The lowest BCUT2D eigenvalue weighted by atomic mass is 10.2. The number of aryl methyl sites for hydroxylation is 1. The molecular weight excluding hydrogens is 278 g/mol. The number of oxazole rings is 1. The van der Waals surface area contributed by atoms with Gasteiger partial charge in [0.25, 0.3) is 0 Å². The Hall–Kier alpha value is -1.73. The first-order chi connectivity index (χ1) is 9.52. The fraction of sp³-hybridized carbons (Fsp3) is 0.385. The van der Waals surface area contributed by atoms with Crippen molar-refractivity contribution in [2.45, 2.75) is 12.5 Å². The molecule has 1 heterocycles. The molecule has 1 aromatic heterocycles. The average molecular weight is 295 g/mol. The highest BCUT2D eigenvalue weighted by Crippen LogP contribution is 2.18. The molecule has 0 aliphatic carbocycles. The summed E-state index contributed by atoms with van der Waals surface area (Å²) in [5.74, 6) is 0.177. The van der Waals surface area contributed by atoms with Gasteiger partial charge in [0.1, 0.15) is 0 Å². The van der Waals surface area contributed by atoms with Gasteiger partial charge in [0, 0.05) is 12.7 Å². The molecule has 1 amide bonds. The van der Waals surface area contributed by atoms with Crippen LogP contribution in [0.1, 0.15) is 6.42 Å². The molecule has 1 atom stereocenters. The van der Waals surface area contributed by atoms with Gasteiger partial charge in [-0.1, -0.05) is 0 Å². The minimum Gasteiger partial charge on any atom is -0.408 e. The molecule has 0 radical (unpaired) electrons. The predicted octanol–water partition coefficient (Wildman–Crippen LogP) is 1.15. The predicted molar refractivity (Wildman–Crippen MR) is 81.1 cm³/mol. The van der Waals surface area contributed by atoms with Gasteiger partial charge in [0.15, 0.2) is 5.58 Å². The molecule has 0 saturated carbocycles. The van der Waals surface area contributed by atoms with Crippen LogP contribution in [0.2, 0.25) is 0 Å². The minimum absolute atomic E-state index is 0.230. The van der Waals surface area contributed by atoms with E-state index < -0.39 is 11.8 Å². The third kappa shape index (κ3) is 3.05. The molecule has 2 aromatic rings. The van der Waals surface area contributed by atoms with Crippen LogP contribution >= 0.6 is 11.8 Å². The number of aromatic nitrogens is 1. The van der Waals surface area contributed by atoms with Crippen molar-refractivity contribution < 1.29 is 9.21 Å². The molecule has 0 saturated heterocycles. The molecule has 7 heteroatoms. The van der Waals surface area contributed by atoms with Crippen molar-refractivity contribution in [1.82, 2.24) is 4.57 Å². The Labute approximate surface area is 120 Å². The second kappa shape index (κ2) is 6.15. The molecule has 6 nitrogen and oxygen atoms in total. The van der Waals surface area contributed by atoms with Crippen LogP contribution in [0.4, 0.5) is 5.69 Å². The van der Waals surface area contributed by atoms with Crippen LogP contribution in [-0.2, 0) is 11.8 Å². The van der Waals surface area contributed by atoms with E-state index >= 15 is 0 Å². The average Bonchev–Trinajstić information content (AvgIpc) is 2.71. The van der Waals surface area contributed by atoms with Crippen molar-refractivity contribution in [2.75, 3.05) is 17.3 Å². The van der Waals surface area contributed by atoms with Gasteiger partial charge in [-0.2, -0.15) is 11.8 Å². The monoisotopic (exact) mass is 295 g/mol. The number of carbonyl (C=O) groups is 1. The smallest absolute Gasteiger partial charge is 0.408 e. The molecule has 20 heavy (non-hydrogen) atoms. The lowest BCUT2D eigenvalue weighted by molar-refractivity contribution is -0.117. The van der Waals surface area contributed by atoms with E-state index in [1.807, 2.05) is 6.26 Å². The molecule has 0 aliphatic heterocycles. The maximum atomic E-state index is 11.9. The number of hydrogen-bond acceptors (Lipinski definition) is 5. The van der Waals surface area contributed by atoms with Gasteiger partial charge in [-0.05, 0) is 36.6 Å². The van der Waals surface area contributed by atoms with E-state index in [0.29, 0.717) is 23.2 Å². The summed E-state index contributed by atoms with van der Waals surface area (Å²) >= 11 is 1.65. The summed E-state index contributed by atoms with van der Waals surface area (Å²) in [5, 5.41) is 2.75. The Bertz CT molecular complexity index is 677. The number of nitrogens with one attached hydrogen (secondary N) is 1. The van der Waals surface area contributed by atoms with Crippen molar-refractivity contribution >= 4 is 34.5 Å². The normalized spacial score (nSPS) is 12.6. The maximum Gasteiger partial charge on any atom is 0.419 e. The van der Waals surface area contributed by atoms with Crippen LogP contribution in [0.5, 0.6) is 0 Å². The number of nitrogens with zero attached hydrogens (tertiary/aromatic N) is 1. The highest BCUT2D eigenvalue weighted by molar-refractivity contribution is 7.98. The number of carbonyl (C=O) groups excluding carboxylic acids is 1. The van der Waals surface area contributed by atoms with Crippen LogP contribution in [-0.4, -0.2) is 28.5 Å². The zero-order valence-corrected chi connectivity index (χ0v) is 12.2. The van der Waals surface area contributed by atoms with Crippen molar-refractivity contribution in [3.8, 4) is 0 Å². The highest BCUT2D eigenvalue weighted by Gasteiger charge is 2.14. The molecule has 3 N–H and O–H groups in total. The Balaban J connectivity index is 2.15. The molecule has 0 aliphatic rings.